The van der Waals surface area contributed by atoms with E-state index in [1.54, 1.807) is 9.80 Å². The fourth-order valence-corrected chi connectivity index (χ4v) is 2.95. The van der Waals surface area contributed by atoms with Crippen LogP contribution >= 0.6 is 0 Å². The summed E-state index contributed by atoms with van der Waals surface area (Å²) >= 11 is 0. The number of hydrogen-bond donors (Lipinski definition) is 1. The highest BCUT2D eigenvalue weighted by atomic mass is 16.2. The van der Waals surface area contributed by atoms with Crippen molar-refractivity contribution in [2.45, 2.75) is 39.5 Å². The van der Waals surface area contributed by atoms with E-state index in [1.165, 1.54) is 0 Å². The zero-order chi connectivity index (χ0) is 14.6. The predicted octanol–water partition coefficient (Wildman–Crippen LogP) is 0.847. The molecule has 1 N–H and O–H groups in total. The van der Waals surface area contributed by atoms with Gasteiger partial charge in [0.25, 0.3) is 0 Å². The largest absolute Gasteiger partial charge is 0.334 e. The van der Waals surface area contributed by atoms with Gasteiger partial charge in [-0.1, -0.05) is 13.8 Å². The van der Waals surface area contributed by atoms with Crippen molar-refractivity contribution in [3.8, 4) is 0 Å². The average Bonchev–Trinajstić information content (AvgIpc) is 2.77. The molecule has 2 aliphatic rings. The lowest BCUT2D eigenvalue weighted by atomic mass is 9.85. The van der Waals surface area contributed by atoms with E-state index in [4.69, 9.17) is 0 Å². The molecular formula is C15H27N3O2. The number of hydrogen-bond acceptors (Lipinski definition) is 3. The van der Waals surface area contributed by atoms with Crippen molar-refractivity contribution in [1.29, 1.82) is 0 Å². The van der Waals surface area contributed by atoms with Gasteiger partial charge in [0.2, 0.25) is 0 Å². The van der Waals surface area contributed by atoms with Crippen LogP contribution in [0.15, 0.2) is 0 Å². The second-order valence-electron chi connectivity index (χ2n) is 6.71. The molecule has 0 aliphatic carbocycles. The Balaban J connectivity index is 1.94. The highest BCUT2D eigenvalue weighted by Gasteiger charge is 2.30. The minimum absolute atomic E-state index is 0.282. The molecule has 0 unspecified atom stereocenters. The standard InChI is InChI=1S/C15H27N3O2/c1-15(2)5-3-9-17(11-6-15)13(19)14(20)18-10-4-7-16-8-12-18/h16H,3-12H2,1-2H3. The van der Waals surface area contributed by atoms with Crippen molar-refractivity contribution in [3.05, 3.63) is 0 Å². The summed E-state index contributed by atoms with van der Waals surface area (Å²) in [5.41, 5.74) is 0.282. The lowest BCUT2D eigenvalue weighted by Gasteiger charge is -2.26. The van der Waals surface area contributed by atoms with Crippen molar-refractivity contribution in [1.82, 2.24) is 15.1 Å². The molecule has 2 fully saturated rings. The van der Waals surface area contributed by atoms with Crippen molar-refractivity contribution >= 4 is 11.8 Å². The monoisotopic (exact) mass is 281 g/mol. The van der Waals surface area contributed by atoms with Crippen LogP contribution in [0.1, 0.15) is 39.5 Å². The zero-order valence-corrected chi connectivity index (χ0v) is 12.8. The van der Waals surface area contributed by atoms with Crippen LogP contribution < -0.4 is 5.32 Å². The van der Waals surface area contributed by atoms with Crippen LogP contribution in [0.2, 0.25) is 0 Å². The summed E-state index contributed by atoms with van der Waals surface area (Å²) in [6.45, 7) is 8.96. The average molecular weight is 281 g/mol. The molecule has 0 aromatic rings. The Bertz CT molecular complexity index is 360. The SMILES string of the molecule is CC1(C)CCCN(C(=O)C(=O)N2CCCNCC2)CC1. The number of nitrogens with zero attached hydrogens (tertiary/aromatic N) is 2. The van der Waals surface area contributed by atoms with Crippen molar-refractivity contribution in [2.24, 2.45) is 5.41 Å². The summed E-state index contributed by atoms with van der Waals surface area (Å²) in [5.74, 6) is -0.613. The number of likely N-dealkylation sites (tertiary alicyclic amines) is 1. The van der Waals surface area contributed by atoms with Gasteiger partial charge in [0.1, 0.15) is 0 Å². The Morgan fingerprint density at radius 2 is 1.50 bits per heavy atom. The van der Waals surface area contributed by atoms with Crippen LogP contribution in [0.5, 0.6) is 0 Å². The van der Waals surface area contributed by atoms with Gasteiger partial charge >= 0.3 is 11.8 Å². The van der Waals surface area contributed by atoms with Crippen LogP contribution in [0.3, 0.4) is 0 Å². The molecule has 0 radical (unpaired) electrons. The maximum absolute atomic E-state index is 12.4. The number of carbonyl (C=O) groups excluding carboxylic acids is 2. The molecule has 0 saturated carbocycles. The van der Waals surface area contributed by atoms with Gasteiger partial charge in [0, 0.05) is 32.7 Å². The third-order valence-electron chi connectivity index (χ3n) is 4.44. The maximum atomic E-state index is 12.4. The molecule has 0 aromatic carbocycles. The van der Waals surface area contributed by atoms with Crippen LogP contribution in [0.4, 0.5) is 0 Å². The highest BCUT2D eigenvalue weighted by molar-refractivity contribution is 6.34. The molecule has 2 amide bonds. The van der Waals surface area contributed by atoms with E-state index in [-0.39, 0.29) is 17.2 Å². The topological polar surface area (TPSA) is 52.7 Å². The quantitative estimate of drug-likeness (QED) is 0.670. The molecule has 20 heavy (non-hydrogen) atoms. The molecule has 114 valence electrons. The maximum Gasteiger partial charge on any atom is 0.312 e. The fourth-order valence-electron chi connectivity index (χ4n) is 2.95. The first-order valence-electron chi connectivity index (χ1n) is 7.78. The van der Waals surface area contributed by atoms with Gasteiger partial charge in [-0.15, -0.1) is 0 Å². The minimum Gasteiger partial charge on any atom is -0.334 e. The summed E-state index contributed by atoms with van der Waals surface area (Å²) in [6.07, 6.45) is 4.02. The van der Waals surface area contributed by atoms with Gasteiger partial charge in [0.15, 0.2) is 0 Å². The van der Waals surface area contributed by atoms with Crippen LogP contribution in [-0.2, 0) is 9.59 Å². The van der Waals surface area contributed by atoms with E-state index in [1.807, 2.05) is 0 Å². The Morgan fingerprint density at radius 3 is 2.25 bits per heavy atom. The third kappa shape index (κ3) is 3.95. The molecule has 0 atom stereocenters. The van der Waals surface area contributed by atoms with E-state index in [2.05, 4.69) is 19.2 Å². The number of carbonyl (C=O) groups is 2. The lowest BCUT2D eigenvalue weighted by Crippen LogP contribution is -2.46. The molecule has 2 heterocycles. The lowest BCUT2D eigenvalue weighted by molar-refractivity contribution is -0.151. The Hall–Kier alpha value is -1.10. The van der Waals surface area contributed by atoms with Crippen molar-refractivity contribution < 1.29 is 9.59 Å². The zero-order valence-electron chi connectivity index (χ0n) is 12.8. The predicted molar refractivity (Wildman–Crippen MR) is 78.3 cm³/mol. The second-order valence-corrected chi connectivity index (χ2v) is 6.71. The van der Waals surface area contributed by atoms with Crippen molar-refractivity contribution in [2.75, 3.05) is 39.3 Å². The van der Waals surface area contributed by atoms with Crippen LogP contribution in [-0.4, -0.2) is 60.9 Å². The first-order chi connectivity index (χ1) is 9.49. The van der Waals surface area contributed by atoms with Gasteiger partial charge in [-0.3, -0.25) is 9.59 Å². The molecule has 2 aliphatic heterocycles. The number of rotatable bonds is 0. The molecule has 5 nitrogen and oxygen atoms in total. The number of nitrogens with one attached hydrogen (secondary N) is 1. The molecular weight excluding hydrogens is 254 g/mol. The smallest absolute Gasteiger partial charge is 0.312 e. The molecule has 2 rings (SSSR count). The Kier molecular flexibility index (Phi) is 5.02. The van der Waals surface area contributed by atoms with E-state index in [9.17, 15) is 9.59 Å². The van der Waals surface area contributed by atoms with E-state index in [0.29, 0.717) is 19.6 Å². The third-order valence-corrected chi connectivity index (χ3v) is 4.44. The summed E-state index contributed by atoms with van der Waals surface area (Å²) in [5, 5.41) is 3.25. The molecule has 5 heteroatoms. The van der Waals surface area contributed by atoms with Gasteiger partial charge < -0.3 is 15.1 Å². The first kappa shape index (κ1) is 15.3. The van der Waals surface area contributed by atoms with Crippen LogP contribution in [0.25, 0.3) is 0 Å². The van der Waals surface area contributed by atoms with E-state index >= 15 is 0 Å². The molecule has 2 saturated heterocycles. The normalized spacial score (nSPS) is 23.9. The fraction of sp³-hybridized carbons (Fsp3) is 0.867. The van der Waals surface area contributed by atoms with Gasteiger partial charge in [0.05, 0.1) is 0 Å². The summed E-state index contributed by atoms with van der Waals surface area (Å²) in [7, 11) is 0. The molecule has 0 bridgehead atoms. The van der Waals surface area contributed by atoms with Crippen LogP contribution in [0, 0.1) is 5.41 Å². The van der Waals surface area contributed by atoms with Crippen molar-refractivity contribution in [3.63, 3.8) is 0 Å². The molecule has 0 spiro atoms. The summed E-state index contributed by atoms with van der Waals surface area (Å²) in [4.78, 5) is 28.2. The minimum atomic E-state index is -0.312. The van der Waals surface area contributed by atoms with Gasteiger partial charge in [-0.05, 0) is 37.6 Å². The Labute approximate surface area is 121 Å². The second kappa shape index (κ2) is 6.57. The number of amides is 2. The van der Waals surface area contributed by atoms with E-state index in [0.717, 1.165) is 45.3 Å². The van der Waals surface area contributed by atoms with Gasteiger partial charge in [-0.2, -0.15) is 0 Å². The molecule has 0 aromatic heterocycles. The Morgan fingerprint density at radius 1 is 0.850 bits per heavy atom. The highest BCUT2D eigenvalue weighted by Crippen LogP contribution is 2.29. The van der Waals surface area contributed by atoms with E-state index < -0.39 is 0 Å². The summed E-state index contributed by atoms with van der Waals surface area (Å²) < 4.78 is 0. The first-order valence-corrected chi connectivity index (χ1v) is 7.78. The summed E-state index contributed by atoms with van der Waals surface area (Å²) in [6, 6.07) is 0. The van der Waals surface area contributed by atoms with Gasteiger partial charge in [-0.25, -0.2) is 0 Å².